The number of hydrogen-bond donors (Lipinski definition) is 1. The van der Waals surface area contributed by atoms with Gasteiger partial charge in [0.25, 0.3) is 0 Å². The van der Waals surface area contributed by atoms with Gasteiger partial charge in [-0.1, -0.05) is 13.0 Å². The summed E-state index contributed by atoms with van der Waals surface area (Å²) < 4.78 is 11.8. The molecular weight excluding hydrogens is 258 g/mol. The van der Waals surface area contributed by atoms with Crippen LogP contribution in [-0.4, -0.2) is 25.4 Å². The van der Waals surface area contributed by atoms with Gasteiger partial charge in [0.1, 0.15) is 6.10 Å². The predicted molar refractivity (Wildman–Crippen MR) is 79.5 cm³/mol. The zero-order chi connectivity index (χ0) is 13.7. The van der Waals surface area contributed by atoms with Crippen molar-refractivity contribution < 1.29 is 9.47 Å². The molecule has 2 N–H and O–H groups in total. The second kappa shape index (κ2) is 7.39. The fraction of sp³-hybridized carbons (Fsp3) is 0.733. The van der Waals surface area contributed by atoms with Crippen molar-refractivity contribution in [3.63, 3.8) is 0 Å². The first-order valence-electron chi connectivity index (χ1n) is 7.21. The molecule has 1 heterocycles. The van der Waals surface area contributed by atoms with E-state index in [1.54, 1.807) is 18.4 Å². The topological polar surface area (TPSA) is 44.5 Å². The lowest BCUT2D eigenvalue weighted by Gasteiger charge is -2.33. The van der Waals surface area contributed by atoms with Crippen LogP contribution >= 0.6 is 11.3 Å². The lowest BCUT2D eigenvalue weighted by molar-refractivity contribution is -0.0733. The average Bonchev–Trinajstić information content (AvgIpc) is 2.98. The smallest absolute Gasteiger partial charge is 0.107 e. The Bertz CT molecular complexity index is 355. The fourth-order valence-corrected chi connectivity index (χ4v) is 3.53. The zero-order valence-electron chi connectivity index (χ0n) is 11.9. The number of nitrogens with two attached hydrogens (primary N) is 1. The Morgan fingerprint density at radius 2 is 2.21 bits per heavy atom. The van der Waals surface area contributed by atoms with E-state index in [-0.39, 0.29) is 18.2 Å². The van der Waals surface area contributed by atoms with Gasteiger partial charge in [-0.15, -0.1) is 11.3 Å². The number of thiophene rings is 1. The van der Waals surface area contributed by atoms with Crippen LogP contribution in [0.4, 0.5) is 0 Å². The Labute approximate surface area is 120 Å². The first-order chi connectivity index (χ1) is 9.24. The largest absolute Gasteiger partial charge is 0.381 e. The Morgan fingerprint density at radius 1 is 1.42 bits per heavy atom. The molecule has 19 heavy (non-hydrogen) atoms. The van der Waals surface area contributed by atoms with Gasteiger partial charge in [-0.05, 0) is 43.6 Å². The van der Waals surface area contributed by atoms with Gasteiger partial charge in [0.15, 0.2) is 0 Å². The van der Waals surface area contributed by atoms with Gasteiger partial charge in [-0.2, -0.15) is 0 Å². The molecule has 4 unspecified atom stereocenters. The van der Waals surface area contributed by atoms with Crippen LogP contribution in [0.2, 0.25) is 0 Å². The highest BCUT2D eigenvalue weighted by molar-refractivity contribution is 7.10. The molecule has 0 aromatic carbocycles. The van der Waals surface area contributed by atoms with Crippen LogP contribution < -0.4 is 5.73 Å². The lowest BCUT2D eigenvalue weighted by atomic mass is 9.94. The van der Waals surface area contributed by atoms with E-state index in [4.69, 9.17) is 15.2 Å². The van der Waals surface area contributed by atoms with Crippen molar-refractivity contribution in [2.45, 2.75) is 63.4 Å². The Hall–Kier alpha value is -0.420. The molecule has 4 heteroatoms. The summed E-state index contributed by atoms with van der Waals surface area (Å²) in [5, 5.41) is 2.09. The molecule has 3 nitrogen and oxygen atoms in total. The van der Waals surface area contributed by atoms with Gasteiger partial charge in [0.05, 0.1) is 12.2 Å². The molecule has 1 saturated carbocycles. The van der Waals surface area contributed by atoms with E-state index in [9.17, 15) is 0 Å². The van der Waals surface area contributed by atoms with Gasteiger partial charge >= 0.3 is 0 Å². The number of ether oxygens (including phenoxy) is 2. The molecule has 0 amide bonds. The minimum absolute atomic E-state index is 0.0330. The maximum absolute atomic E-state index is 6.33. The van der Waals surface area contributed by atoms with Crippen LogP contribution in [0.15, 0.2) is 17.5 Å². The van der Waals surface area contributed by atoms with Crippen LogP contribution in [0.1, 0.15) is 50.0 Å². The summed E-state index contributed by atoms with van der Waals surface area (Å²) in [6.45, 7) is 2.12. The number of methoxy groups -OCH3 is 1. The Kier molecular flexibility index (Phi) is 5.82. The van der Waals surface area contributed by atoms with Gasteiger partial charge in [-0.3, -0.25) is 0 Å². The summed E-state index contributed by atoms with van der Waals surface area (Å²) >= 11 is 1.73. The summed E-state index contributed by atoms with van der Waals surface area (Å²) in [6, 6.07) is 4.26. The third-order valence-electron chi connectivity index (χ3n) is 3.93. The van der Waals surface area contributed by atoms with Crippen molar-refractivity contribution in [1.82, 2.24) is 0 Å². The maximum Gasteiger partial charge on any atom is 0.107 e. The van der Waals surface area contributed by atoms with Crippen molar-refractivity contribution in [1.29, 1.82) is 0 Å². The van der Waals surface area contributed by atoms with Crippen LogP contribution in [0.3, 0.4) is 0 Å². The van der Waals surface area contributed by atoms with Crippen LogP contribution in [0.25, 0.3) is 0 Å². The summed E-state index contributed by atoms with van der Waals surface area (Å²) in [7, 11) is 1.79. The SMILES string of the molecule is CCC(N)C(OC1CCCC(OC)C1)c1cccs1. The van der Waals surface area contributed by atoms with E-state index in [0.29, 0.717) is 6.10 Å². The summed E-state index contributed by atoms with van der Waals surface area (Å²) in [5.41, 5.74) is 6.24. The summed E-state index contributed by atoms with van der Waals surface area (Å²) in [4.78, 5) is 1.24. The summed E-state index contributed by atoms with van der Waals surface area (Å²) in [6.07, 6.45) is 6.05. The fourth-order valence-electron chi connectivity index (χ4n) is 2.69. The standard InChI is InChI=1S/C15H25NO2S/c1-3-13(16)15(14-8-5-9-19-14)18-12-7-4-6-11(10-12)17-2/h5,8-9,11-13,15H,3-4,6-7,10,16H2,1-2H3. The van der Waals surface area contributed by atoms with Gasteiger partial charge in [-0.25, -0.2) is 0 Å². The molecule has 0 bridgehead atoms. The number of hydrogen-bond acceptors (Lipinski definition) is 4. The van der Waals surface area contributed by atoms with E-state index in [1.807, 2.05) is 0 Å². The van der Waals surface area contributed by atoms with E-state index in [1.165, 1.54) is 11.3 Å². The highest BCUT2D eigenvalue weighted by atomic mass is 32.1. The quantitative estimate of drug-likeness (QED) is 0.869. The van der Waals surface area contributed by atoms with Crippen molar-refractivity contribution in [2.24, 2.45) is 5.73 Å². The molecule has 2 rings (SSSR count). The van der Waals surface area contributed by atoms with E-state index >= 15 is 0 Å². The average molecular weight is 283 g/mol. The summed E-state index contributed by atoms with van der Waals surface area (Å²) in [5.74, 6) is 0. The molecular formula is C15H25NO2S. The lowest BCUT2D eigenvalue weighted by Crippen LogP contribution is -2.35. The maximum atomic E-state index is 6.33. The first kappa shape index (κ1) is 15.0. The molecule has 1 fully saturated rings. The monoisotopic (exact) mass is 283 g/mol. The Balaban J connectivity index is 2.00. The van der Waals surface area contributed by atoms with E-state index in [0.717, 1.165) is 25.7 Å². The second-order valence-corrected chi connectivity index (χ2v) is 6.27. The Morgan fingerprint density at radius 3 is 2.84 bits per heavy atom. The van der Waals surface area contributed by atoms with Gasteiger partial charge in [0, 0.05) is 18.0 Å². The number of rotatable bonds is 6. The molecule has 1 aliphatic rings. The van der Waals surface area contributed by atoms with E-state index < -0.39 is 0 Å². The first-order valence-corrected chi connectivity index (χ1v) is 8.09. The van der Waals surface area contributed by atoms with Crippen molar-refractivity contribution in [3.8, 4) is 0 Å². The molecule has 1 aromatic heterocycles. The molecule has 0 aliphatic heterocycles. The third kappa shape index (κ3) is 4.02. The molecule has 108 valence electrons. The van der Waals surface area contributed by atoms with Crippen molar-refractivity contribution >= 4 is 11.3 Å². The van der Waals surface area contributed by atoms with Crippen LogP contribution in [0.5, 0.6) is 0 Å². The molecule has 0 spiro atoms. The highest BCUT2D eigenvalue weighted by Gasteiger charge is 2.28. The molecule has 1 aliphatic carbocycles. The predicted octanol–water partition coefficient (Wildman–Crippen LogP) is 3.50. The highest BCUT2D eigenvalue weighted by Crippen LogP contribution is 2.32. The minimum Gasteiger partial charge on any atom is -0.381 e. The molecule has 0 radical (unpaired) electrons. The zero-order valence-corrected chi connectivity index (χ0v) is 12.7. The third-order valence-corrected chi connectivity index (χ3v) is 4.87. The molecule has 0 saturated heterocycles. The van der Waals surface area contributed by atoms with Crippen LogP contribution in [-0.2, 0) is 9.47 Å². The van der Waals surface area contributed by atoms with E-state index in [2.05, 4.69) is 24.4 Å². The molecule has 4 atom stereocenters. The second-order valence-electron chi connectivity index (χ2n) is 5.29. The van der Waals surface area contributed by atoms with Crippen LogP contribution in [0, 0.1) is 0 Å². The normalized spacial score (nSPS) is 27.1. The van der Waals surface area contributed by atoms with Gasteiger partial charge in [0.2, 0.25) is 0 Å². The van der Waals surface area contributed by atoms with Crippen molar-refractivity contribution in [2.75, 3.05) is 7.11 Å². The van der Waals surface area contributed by atoms with Crippen molar-refractivity contribution in [3.05, 3.63) is 22.4 Å². The molecule has 1 aromatic rings. The minimum atomic E-state index is 0.0330. The van der Waals surface area contributed by atoms with Gasteiger partial charge < -0.3 is 15.2 Å².